The Kier molecular flexibility index (Phi) is 7.92. The lowest BCUT2D eigenvalue weighted by Crippen LogP contribution is -2.55. The van der Waals surface area contributed by atoms with Gasteiger partial charge >= 0.3 is 6.09 Å². The average molecular weight is 458 g/mol. The quantitative estimate of drug-likeness (QED) is 0.696. The zero-order valence-corrected chi connectivity index (χ0v) is 19.4. The number of hydrogen-bond acceptors (Lipinski definition) is 5. The molecule has 3 rings (SSSR count). The molecule has 2 N–H and O–H groups in total. The molecule has 2 aromatic carbocycles. The van der Waals surface area contributed by atoms with E-state index in [0.29, 0.717) is 31.7 Å². The maximum absolute atomic E-state index is 13.8. The molecule has 7 nitrogen and oxygen atoms in total. The SMILES string of the molecule is CC(C)(C)OC(=O)N[C@@H](Cc1ccc(O)c(F)c1)C(=O)N1CCN(Cc2ccccc2)CC1. The fourth-order valence-electron chi connectivity index (χ4n) is 3.75. The molecule has 1 aliphatic heterocycles. The van der Waals surface area contributed by atoms with Crippen molar-refractivity contribution < 1.29 is 23.8 Å². The number of alkyl carbamates (subject to hydrolysis) is 1. The van der Waals surface area contributed by atoms with E-state index in [2.05, 4.69) is 22.3 Å². The van der Waals surface area contributed by atoms with Crippen molar-refractivity contribution in [1.29, 1.82) is 0 Å². The number of hydrogen-bond donors (Lipinski definition) is 2. The van der Waals surface area contributed by atoms with E-state index in [1.807, 2.05) is 18.2 Å². The summed E-state index contributed by atoms with van der Waals surface area (Å²) in [6.45, 7) is 8.53. The number of aromatic hydroxyl groups is 1. The fourth-order valence-corrected chi connectivity index (χ4v) is 3.75. The highest BCUT2D eigenvalue weighted by atomic mass is 19.1. The minimum absolute atomic E-state index is 0.0828. The van der Waals surface area contributed by atoms with Crippen molar-refractivity contribution in [2.24, 2.45) is 0 Å². The zero-order chi connectivity index (χ0) is 24.0. The monoisotopic (exact) mass is 457 g/mol. The summed E-state index contributed by atoms with van der Waals surface area (Å²) < 4.78 is 19.2. The zero-order valence-electron chi connectivity index (χ0n) is 19.4. The summed E-state index contributed by atoms with van der Waals surface area (Å²) in [6, 6.07) is 13.2. The lowest BCUT2D eigenvalue weighted by molar-refractivity contribution is -0.135. The Hall–Kier alpha value is -3.13. The van der Waals surface area contributed by atoms with Crippen LogP contribution in [-0.4, -0.2) is 64.7 Å². The van der Waals surface area contributed by atoms with E-state index in [9.17, 15) is 19.1 Å². The van der Waals surface area contributed by atoms with Crippen LogP contribution in [-0.2, 0) is 22.5 Å². The van der Waals surface area contributed by atoms with Gasteiger partial charge in [-0.1, -0.05) is 36.4 Å². The predicted molar refractivity (Wildman–Crippen MR) is 123 cm³/mol. The van der Waals surface area contributed by atoms with Gasteiger partial charge in [0.05, 0.1) is 0 Å². The topological polar surface area (TPSA) is 82.1 Å². The summed E-state index contributed by atoms with van der Waals surface area (Å²) in [5.41, 5.74) is 0.990. The Morgan fingerprint density at radius 3 is 2.33 bits per heavy atom. The van der Waals surface area contributed by atoms with Gasteiger partial charge in [0.15, 0.2) is 11.6 Å². The van der Waals surface area contributed by atoms with Crippen LogP contribution in [0.1, 0.15) is 31.9 Å². The Bertz CT molecular complexity index is 954. The summed E-state index contributed by atoms with van der Waals surface area (Å²) in [6.07, 6.45) is -0.623. The summed E-state index contributed by atoms with van der Waals surface area (Å²) in [5, 5.41) is 12.1. The van der Waals surface area contributed by atoms with Crippen LogP contribution >= 0.6 is 0 Å². The molecule has 2 amide bonds. The molecule has 0 aromatic heterocycles. The van der Waals surface area contributed by atoms with Crippen molar-refractivity contribution in [3.63, 3.8) is 0 Å². The molecular formula is C25H32FN3O4. The standard InChI is InChI=1S/C25H32FN3O4/c1-25(2,3)33-24(32)27-21(16-19-9-10-22(30)20(26)15-19)23(31)29-13-11-28(12-14-29)17-18-7-5-4-6-8-18/h4-10,15,21,30H,11-14,16-17H2,1-3H3,(H,27,32)/t21-/m0/s1. The number of ether oxygens (including phenoxy) is 1. The molecule has 0 radical (unpaired) electrons. The molecule has 0 saturated carbocycles. The number of carbonyl (C=O) groups excluding carboxylic acids is 2. The minimum Gasteiger partial charge on any atom is -0.505 e. The predicted octanol–water partition coefficient (Wildman–Crippen LogP) is 3.31. The van der Waals surface area contributed by atoms with Gasteiger partial charge in [0.2, 0.25) is 5.91 Å². The molecule has 0 bridgehead atoms. The molecule has 8 heteroatoms. The van der Waals surface area contributed by atoms with Gasteiger partial charge in [-0.15, -0.1) is 0 Å². The maximum atomic E-state index is 13.8. The third-order valence-corrected chi connectivity index (χ3v) is 5.37. The molecule has 1 saturated heterocycles. The van der Waals surface area contributed by atoms with Crippen molar-refractivity contribution in [3.8, 4) is 5.75 Å². The number of phenolic OH excluding ortho intramolecular Hbond substituents is 1. The lowest BCUT2D eigenvalue weighted by atomic mass is 10.0. The first-order chi connectivity index (χ1) is 15.6. The molecule has 0 spiro atoms. The lowest BCUT2D eigenvalue weighted by Gasteiger charge is -2.36. The van der Waals surface area contributed by atoms with Gasteiger partial charge in [-0.25, -0.2) is 9.18 Å². The van der Waals surface area contributed by atoms with Crippen LogP contribution in [0.25, 0.3) is 0 Å². The van der Waals surface area contributed by atoms with E-state index in [0.717, 1.165) is 6.54 Å². The second kappa shape index (κ2) is 10.7. The van der Waals surface area contributed by atoms with Crippen molar-refractivity contribution in [2.75, 3.05) is 26.2 Å². The number of halogens is 1. The van der Waals surface area contributed by atoms with Gasteiger partial charge < -0.3 is 20.1 Å². The largest absolute Gasteiger partial charge is 0.505 e. The van der Waals surface area contributed by atoms with Gasteiger partial charge in [-0.3, -0.25) is 9.69 Å². The smallest absolute Gasteiger partial charge is 0.408 e. The van der Waals surface area contributed by atoms with E-state index < -0.39 is 29.3 Å². The summed E-state index contributed by atoms with van der Waals surface area (Å²) in [7, 11) is 0. The van der Waals surface area contributed by atoms with Crippen LogP contribution in [0.15, 0.2) is 48.5 Å². The van der Waals surface area contributed by atoms with Crippen LogP contribution in [0, 0.1) is 5.82 Å². The second-order valence-electron chi connectivity index (χ2n) is 9.28. The number of nitrogens with one attached hydrogen (secondary N) is 1. The third kappa shape index (κ3) is 7.46. The van der Waals surface area contributed by atoms with Crippen molar-refractivity contribution >= 4 is 12.0 Å². The van der Waals surface area contributed by atoms with Crippen LogP contribution in [0.5, 0.6) is 5.75 Å². The number of rotatable bonds is 6. The highest BCUT2D eigenvalue weighted by molar-refractivity contribution is 5.86. The normalized spacial score (nSPS) is 15.7. The molecule has 0 unspecified atom stereocenters. The van der Waals surface area contributed by atoms with E-state index in [1.54, 1.807) is 25.7 Å². The molecule has 33 heavy (non-hydrogen) atoms. The molecule has 1 fully saturated rings. The number of phenols is 1. The number of piperazine rings is 1. The number of amides is 2. The summed E-state index contributed by atoms with van der Waals surface area (Å²) >= 11 is 0. The van der Waals surface area contributed by atoms with Gasteiger partial charge in [0.25, 0.3) is 0 Å². The highest BCUT2D eigenvalue weighted by Gasteiger charge is 2.30. The first kappa shape index (κ1) is 24.5. The van der Waals surface area contributed by atoms with Crippen LogP contribution < -0.4 is 5.32 Å². The van der Waals surface area contributed by atoms with Crippen molar-refractivity contribution in [1.82, 2.24) is 15.1 Å². The Balaban J connectivity index is 1.66. The van der Waals surface area contributed by atoms with Gasteiger partial charge in [0, 0.05) is 39.1 Å². The minimum atomic E-state index is -0.913. The molecule has 1 aliphatic rings. The maximum Gasteiger partial charge on any atom is 0.408 e. The Morgan fingerprint density at radius 2 is 1.73 bits per heavy atom. The van der Waals surface area contributed by atoms with Crippen molar-refractivity contribution in [2.45, 2.75) is 45.4 Å². The summed E-state index contributed by atoms with van der Waals surface area (Å²) in [4.78, 5) is 29.7. The van der Waals surface area contributed by atoms with E-state index in [-0.39, 0.29) is 12.3 Å². The summed E-state index contributed by atoms with van der Waals surface area (Å²) in [5.74, 6) is -1.48. The molecule has 1 atom stereocenters. The molecule has 1 heterocycles. The van der Waals surface area contributed by atoms with Crippen molar-refractivity contribution in [3.05, 3.63) is 65.5 Å². The fraction of sp³-hybridized carbons (Fsp3) is 0.440. The van der Waals surface area contributed by atoms with Gasteiger partial charge in [-0.05, 0) is 44.0 Å². The number of carbonyl (C=O) groups is 2. The van der Waals surface area contributed by atoms with Crippen LogP contribution in [0.2, 0.25) is 0 Å². The Labute approximate surface area is 194 Å². The van der Waals surface area contributed by atoms with E-state index in [1.165, 1.54) is 23.8 Å². The first-order valence-electron chi connectivity index (χ1n) is 11.1. The molecule has 2 aromatic rings. The van der Waals surface area contributed by atoms with E-state index >= 15 is 0 Å². The van der Waals surface area contributed by atoms with Crippen LogP contribution in [0.3, 0.4) is 0 Å². The molecule has 178 valence electrons. The first-order valence-corrected chi connectivity index (χ1v) is 11.1. The second-order valence-corrected chi connectivity index (χ2v) is 9.28. The molecule has 0 aliphatic carbocycles. The van der Waals surface area contributed by atoms with Crippen LogP contribution in [0.4, 0.5) is 9.18 Å². The van der Waals surface area contributed by atoms with Gasteiger partial charge in [-0.2, -0.15) is 0 Å². The van der Waals surface area contributed by atoms with Gasteiger partial charge in [0.1, 0.15) is 11.6 Å². The average Bonchev–Trinajstić information content (AvgIpc) is 2.75. The number of nitrogens with zero attached hydrogens (tertiary/aromatic N) is 2. The Morgan fingerprint density at radius 1 is 1.06 bits per heavy atom. The third-order valence-electron chi connectivity index (χ3n) is 5.37. The van der Waals surface area contributed by atoms with E-state index in [4.69, 9.17) is 4.74 Å². The molecular weight excluding hydrogens is 425 g/mol. The highest BCUT2D eigenvalue weighted by Crippen LogP contribution is 2.18. The number of benzene rings is 2.